The molecule has 9 nitrogen and oxygen atoms in total. The van der Waals surface area contributed by atoms with Gasteiger partial charge in [0.15, 0.2) is 5.65 Å². The van der Waals surface area contributed by atoms with Gasteiger partial charge >= 0.3 is 11.7 Å². The highest BCUT2D eigenvalue weighted by molar-refractivity contribution is 5.84. The number of aromatic nitrogens is 3. The number of hydrogen-bond acceptors (Lipinski definition) is 7. The molecule has 188 valence electrons. The summed E-state index contributed by atoms with van der Waals surface area (Å²) in [5.74, 6) is 0. The standard InChI is InChI=1S/C27H31N5O4/c1-16-13-32-15-22(29-24(32)17(2)28-16)21-11-18-7-8-19(12-23(18)35-25(21)33)30(6)20-9-10-31(14-20)26(34)36-27(3,4)5/h7-8,11-13,15,20H,9-10,14H2,1-6H3/t20-/m0/s1. The zero-order valence-corrected chi connectivity index (χ0v) is 21.5. The van der Waals surface area contributed by atoms with E-state index in [1.54, 1.807) is 4.90 Å². The number of likely N-dealkylation sites (N-methyl/N-ethyl adjacent to an activating group) is 1. The van der Waals surface area contributed by atoms with Gasteiger partial charge in [-0.1, -0.05) is 0 Å². The second kappa shape index (κ2) is 8.65. The quantitative estimate of drug-likeness (QED) is 0.389. The van der Waals surface area contributed by atoms with Crippen molar-refractivity contribution < 1.29 is 13.9 Å². The van der Waals surface area contributed by atoms with E-state index in [1.807, 2.05) is 82.7 Å². The SMILES string of the molecule is Cc1cn2cc(-c3cc4ccc(N(C)[C@H]5CCN(C(=O)OC(C)(C)C)C5)cc4oc3=O)nc2c(C)n1. The van der Waals surface area contributed by atoms with Crippen LogP contribution < -0.4 is 10.5 Å². The molecule has 4 aromatic rings. The van der Waals surface area contributed by atoms with E-state index in [1.165, 1.54) is 0 Å². The predicted molar refractivity (Wildman–Crippen MR) is 139 cm³/mol. The van der Waals surface area contributed by atoms with Crippen LogP contribution in [0.3, 0.4) is 0 Å². The summed E-state index contributed by atoms with van der Waals surface area (Å²) in [5, 5.41) is 0.812. The molecule has 1 atom stereocenters. The van der Waals surface area contributed by atoms with E-state index in [4.69, 9.17) is 9.15 Å². The van der Waals surface area contributed by atoms with Gasteiger partial charge in [0.05, 0.1) is 22.6 Å². The molecular weight excluding hydrogens is 458 g/mol. The zero-order valence-electron chi connectivity index (χ0n) is 21.5. The molecule has 1 amide bonds. The molecule has 4 heterocycles. The summed E-state index contributed by atoms with van der Waals surface area (Å²) in [5.41, 5.74) is 3.82. The first-order chi connectivity index (χ1) is 17.0. The summed E-state index contributed by atoms with van der Waals surface area (Å²) in [6.07, 6.45) is 4.26. The summed E-state index contributed by atoms with van der Waals surface area (Å²) in [6, 6.07) is 7.78. The highest BCUT2D eigenvalue weighted by Gasteiger charge is 2.32. The van der Waals surface area contributed by atoms with E-state index in [9.17, 15) is 9.59 Å². The number of likely N-dealkylation sites (tertiary alicyclic amines) is 1. The summed E-state index contributed by atoms with van der Waals surface area (Å²) in [6.45, 7) is 10.6. The number of hydrogen-bond donors (Lipinski definition) is 0. The Morgan fingerprint density at radius 3 is 2.69 bits per heavy atom. The average Bonchev–Trinajstić information content (AvgIpc) is 3.44. The zero-order chi connectivity index (χ0) is 25.8. The number of ether oxygens (including phenoxy) is 1. The van der Waals surface area contributed by atoms with Crippen LogP contribution in [0.4, 0.5) is 10.5 Å². The molecule has 0 aliphatic carbocycles. The second-order valence-electron chi connectivity index (χ2n) is 10.5. The second-order valence-corrected chi connectivity index (χ2v) is 10.5. The van der Waals surface area contributed by atoms with E-state index in [-0.39, 0.29) is 12.1 Å². The Bertz CT molecular complexity index is 1530. The Morgan fingerprint density at radius 1 is 1.17 bits per heavy atom. The van der Waals surface area contributed by atoms with E-state index in [2.05, 4.69) is 14.9 Å². The minimum Gasteiger partial charge on any atom is -0.444 e. The van der Waals surface area contributed by atoms with E-state index in [0.29, 0.717) is 35.6 Å². The molecule has 1 fully saturated rings. The number of rotatable bonds is 3. The highest BCUT2D eigenvalue weighted by atomic mass is 16.6. The Morgan fingerprint density at radius 2 is 1.94 bits per heavy atom. The van der Waals surface area contributed by atoms with Gasteiger partial charge in [0.1, 0.15) is 11.2 Å². The van der Waals surface area contributed by atoms with Crippen molar-refractivity contribution >= 4 is 28.4 Å². The summed E-state index contributed by atoms with van der Waals surface area (Å²) < 4.78 is 13.1. The maximum atomic E-state index is 12.9. The third-order valence-electron chi connectivity index (χ3n) is 6.49. The van der Waals surface area contributed by atoms with Crippen LogP contribution in [-0.4, -0.2) is 57.1 Å². The average molecular weight is 490 g/mol. The van der Waals surface area contributed by atoms with Gasteiger partial charge in [-0.05, 0) is 59.2 Å². The van der Waals surface area contributed by atoms with Crippen LogP contribution in [0.25, 0.3) is 27.9 Å². The molecule has 1 aromatic carbocycles. The van der Waals surface area contributed by atoms with Gasteiger partial charge < -0.3 is 23.4 Å². The Balaban J connectivity index is 1.39. The van der Waals surface area contributed by atoms with E-state index >= 15 is 0 Å². The van der Waals surface area contributed by atoms with Crippen LogP contribution in [0.5, 0.6) is 0 Å². The Hall–Kier alpha value is -3.88. The maximum Gasteiger partial charge on any atom is 0.410 e. The molecule has 5 rings (SSSR count). The fourth-order valence-corrected chi connectivity index (χ4v) is 4.69. The largest absolute Gasteiger partial charge is 0.444 e. The van der Waals surface area contributed by atoms with Gasteiger partial charge in [-0.25, -0.2) is 14.6 Å². The minimum atomic E-state index is -0.520. The third kappa shape index (κ3) is 4.53. The Labute approximate surface area is 209 Å². The molecule has 0 unspecified atom stereocenters. The lowest BCUT2D eigenvalue weighted by atomic mass is 10.1. The molecule has 0 saturated carbocycles. The van der Waals surface area contributed by atoms with Gasteiger partial charge in [-0.2, -0.15) is 0 Å². The Kier molecular flexibility index (Phi) is 5.73. The van der Waals surface area contributed by atoms with Gasteiger partial charge in [0.25, 0.3) is 0 Å². The van der Waals surface area contributed by atoms with Crippen molar-refractivity contribution in [1.29, 1.82) is 0 Å². The molecule has 1 aliphatic rings. The lowest BCUT2D eigenvalue weighted by molar-refractivity contribution is 0.0292. The first-order valence-electron chi connectivity index (χ1n) is 12.1. The van der Waals surface area contributed by atoms with Crippen molar-refractivity contribution in [1.82, 2.24) is 19.3 Å². The summed E-state index contributed by atoms with van der Waals surface area (Å²) in [4.78, 5) is 38.3. The molecule has 36 heavy (non-hydrogen) atoms. The number of imidazole rings is 1. The summed E-state index contributed by atoms with van der Waals surface area (Å²) in [7, 11) is 1.99. The number of anilines is 1. The van der Waals surface area contributed by atoms with Crippen LogP contribution in [0, 0.1) is 13.8 Å². The number of fused-ring (bicyclic) bond motifs is 2. The maximum absolute atomic E-state index is 12.9. The van der Waals surface area contributed by atoms with E-state index in [0.717, 1.165) is 28.9 Å². The van der Waals surface area contributed by atoms with Gasteiger partial charge in [-0.3, -0.25) is 4.98 Å². The van der Waals surface area contributed by atoms with Gasteiger partial charge in [-0.15, -0.1) is 0 Å². The lowest BCUT2D eigenvalue weighted by Crippen LogP contribution is -2.39. The monoisotopic (exact) mass is 489 g/mol. The van der Waals surface area contributed by atoms with Crippen LogP contribution >= 0.6 is 0 Å². The van der Waals surface area contributed by atoms with Crippen molar-refractivity contribution in [2.45, 2.75) is 52.7 Å². The fourth-order valence-electron chi connectivity index (χ4n) is 4.69. The normalized spacial score (nSPS) is 16.2. The molecule has 9 heteroatoms. The van der Waals surface area contributed by atoms with Crippen molar-refractivity contribution in [2.75, 3.05) is 25.0 Å². The predicted octanol–water partition coefficient (Wildman–Crippen LogP) is 4.57. The van der Waals surface area contributed by atoms with Crippen molar-refractivity contribution in [3.63, 3.8) is 0 Å². The number of aryl methyl sites for hydroxylation is 2. The highest BCUT2D eigenvalue weighted by Crippen LogP contribution is 2.28. The van der Waals surface area contributed by atoms with Crippen LogP contribution in [-0.2, 0) is 4.74 Å². The van der Waals surface area contributed by atoms with Crippen molar-refractivity contribution in [3.05, 3.63) is 58.5 Å². The van der Waals surface area contributed by atoms with Crippen molar-refractivity contribution in [2.24, 2.45) is 0 Å². The summed E-state index contributed by atoms with van der Waals surface area (Å²) >= 11 is 0. The molecule has 3 aromatic heterocycles. The first kappa shape index (κ1) is 23.8. The van der Waals surface area contributed by atoms with Gasteiger partial charge in [0, 0.05) is 55.7 Å². The molecule has 0 N–H and O–H groups in total. The third-order valence-corrected chi connectivity index (χ3v) is 6.49. The molecule has 0 spiro atoms. The number of carbonyl (C=O) groups is 1. The van der Waals surface area contributed by atoms with Gasteiger partial charge in [0.2, 0.25) is 0 Å². The molecule has 0 radical (unpaired) electrons. The minimum absolute atomic E-state index is 0.138. The lowest BCUT2D eigenvalue weighted by Gasteiger charge is -2.28. The van der Waals surface area contributed by atoms with Crippen LogP contribution in [0.1, 0.15) is 38.6 Å². The van der Waals surface area contributed by atoms with Crippen molar-refractivity contribution in [3.8, 4) is 11.3 Å². The topological polar surface area (TPSA) is 93.2 Å². The number of amides is 1. The molecule has 0 bridgehead atoms. The molecule has 1 aliphatic heterocycles. The number of nitrogens with zero attached hydrogens (tertiary/aromatic N) is 5. The van der Waals surface area contributed by atoms with E-state index < -0.39 is 11.2 Å². The molecule has 1 saturated heterocycles. The number of carbonyl (C=O) groups excluding carboxylic acids is 1. The smallest absolute Gasteiger partial charge is 0.410 e. The fraction of sp³-hybridized carbons (Fsp3) is 0.407. The molecular formula is C27H31N5O4. The van der Waals surface area contributed by atoms with Crippen LogP contribution in [0.15, 0.2) is 45.9 Å². The number of benzene rings is 1. The first-order valence-corrected chi connectivity index (χ1v) is 12.1. The van der Waals surface area contributed by atoms with Crippen LogP contribution in [0.2, 0.25) is 0 Å².